The third kappa shape index (κ3) is 3.48. The van der Waals surface area contributed by atoms with Gasteiger partial charge >= 0.3 is 0 Å². The average molecular weight is 331 g/mol. The van der Waals surface area contributed by atoms with Gasteiger partial charge in [-0.3, -0.25) is 9.58 Å². The van der Waals surface area contributed by atoms with E-state index < -0.39 is 0 Å². The predicted molar refractivity (Wildman–Crippen MR) is 91.9 cm³/mol. The molecule has 24 heavy (non-hydrogen) atoms. The van der Waals surface area contributed by atoms with E-state index in [0.717, 1.165) is 25.2 Å². The highest BCUT2D eigenvalue weighted by molar-refractivity contribution is 5.53. The van der Waals surface area contributed by atoms with Gasteiger partial charge in [0.1, 0.15) is 0 Å². The number of hydrogen-bond donors (Lipinski definition) is 0. The van der Waals surface area contributed by atoms with Crippen molar-refractivity contribution in [1.82, 2.24) is 14.7 Å². The van der Waals surface area contributed by atoms with Crippen molar-refractivity contribution in [3.05, 3.63) is 36.2 Å². The molecule has 1 aliphatic rings. The Hall–Kier alpha value is -2.21. The lowest BCUT2D eigenvalue weighted by molar-refractivity contribution is 0.163. The van der Waals surface area contributed by atoms with E-state index in [1.54, 1.807) is 21.3 Å². The summed E-state index contributed by atoms with van der Waals surface area (Å²) in [6, 6.07) is 6.48. The lowest BCUT2D eigenvalue weighted by atomic mass is 10.0. The van der Waals surface area contributed by atoms with E-state index >= 15 is 0 Å². The van der Waals surface area contributed by atoms with Crippen LogP contribution in [-0.2, 0) is 6.54 Å². The van der Waals surface area contributed by atoms with Crippen LogP contribution in [0.4, 0.5) is 0 Å². The highest BCUT2D eigenvalue weighted by Crippen LogP contribution is 2.38. The highest BCUT2D eigenvalue weighted by Gasteiger charge is 2.22. The van der Waals surface area contributed by atoms with Crippen LogP contribution in [-0.4, -0.2) is 49.1 Å². The zero-order valence-corrected chi connectivity index (χ0v) is 14.6. The Labute approximate surface area is 142 Å². The Morgan fingerprint density at radius 3 is 2.46 bits per heavy atom. The average Bonchev–Trinajstić information content (AvgIpc) is 3.15. The molecular weight excluding hydrogens is 306 g/mol. The number of hydrogen-bond acceptors (Lipinski definition) is 5. The van der Waals surface area contributed by atoms with Crippen LogP contribution in [0.15, 0.2) is 30.6 Å². The van der Waals surface area contributed by atoms with Crippen molar-refractivity contribution in [2.24, 2.45) is 0 Å². The molecule has 1 saturated heterocycles. The number of ether oxygens (including phenoxy) is 3. The third-order valence-electron chi connectivity index (χ3n) is 4.51. The number of likely N-dealkylation sites (tertiary alicyclic amines) is 1. The summed E-state index contributed by atoms with van der Waals surface area (Å²) in [5.41, 5.74) is 1.16. The Balaban J connectivity index is 1.75. The van der Waals surface area contributed by atoms with Crippen molar-refractivity contribution >= 4 is 0 Å². The second-order valence-corrected chi connectivity index (χ2v) is 6.05. The SMILES string of the molecule is COc1cc(CN2CCC[C@@H](n3cccn3)C2)cc(OC)c1OC. The Morgan fingerprint density at radius 2 is 1.88 bits per heavy atom. The number of benzene rings is 1. The maximum atomic E-state index is 5.45. The minimum absolute atomic E-state index is 0.441. The molecule has 0 bridgehead atoms. The van der Waals surface area contributed by atoms with Crippen LogP contribution in [0, 0.1) is 0 Å². The normalized spacial score (nSPS) is 18.4. The molecule has 6 heteroatoms. The zero-order chi connectivity index (χ0) is 16.9. The van der Waals surface area contributed by atoms with Crippen LogP contribution in [0.2, 0.25) is 0 Å². The number of nitrogens with zero attached hydrogens (tertiary/aromatic N) is 3. The number of piperidine rings is 1. The summed E-state index contributed by atoms with van der Waals surface area (Å²) in [6.07, 6.45) is 6.24. The smallest absolute Gasteiger partial charge is 0.203 e. The second kappa shape index (κ2) is 7.57. The Bertz CT molecular complexity index is 633. The van der Waals surface area contributed by atoms with Crippen molar-refractivity contribution in [1.29, 1.82) is 0 Å². The van der Waals surface area contributed by atoms with Gasteiger partial charge in [0.2, 0.25) is 5.75 Å². The molecule has 1 aromatic carbocycles. The zero-order valence-electron chi connectivity index (χ0n) is 14.6. The van der Waals surface area contributed by atoms with Gasteiger partial charge in [-0.1, -0.05) is 0 Å². The van der Waals surface area contributed by atoms with Gasteiger partial charge in [-0.15, -0.1) is 0 Å². The van der Waals surface area contributed by atoms with Crippen LogP contribution < -0.4 is 14.2 Å². The number of aromatic nitrogens is 2. The summed E-state index contributed by atoms with van der Waals surface area (Å²) < 4.78 is 18.4. The fourth-order valence-electron chi connectivity index (χ4n) is 3.37. The molecule has 130 valence electrons. The minimum Gasteiger partial charge on any atom is -0.493 e. The third-order valence-corrected chi connectivity index (χ3v) is 4.51. The van der Waals surface area contributed by atoms with E-state index in [1.807, 2.05) is 30.6 Å². The molecule has 1 aliphatic heterocycles. The van der Waals surface area contributed by atoms with Crippen molar-refractivity contribution in [2.45, 2.75) is 25.4 Å². The lowest BCUT2D eigenvalue weighted by Gasteiger charge is -2.33. The molecule has 0 unspecified atom stereocenters. The van der Waals surface area contributed by atoms with Gasteiger partial charge in [0, 0.05) is 25.5 Å². The van der Waals surface area contributed by atoms with Gasteiger partial charge < -0.3 is 14.2 Å². The molecular formula is C18H25N3O3. The van der Waals surface area contributed by atoms with E-state index in [9.17, 15) is 0 Å². The van der Waals surface area contributed by atoms with Gasteiger partial charge in [0.05, 0.1) is 27.4 Å². The standard InChI is InChI=1S/C18H25N3O3/c1-22-16-10-14(11-17(23-2)18(16)24-3)12-20-8-4-6-15(13-20)21-9-5-7-19-21/h5,7,9-11,15H,4,6,8,12-13H2,1-3H3/t15-/m1/s1. The van der Waals surface area contributed by atoms with Crippen LogP contribution in [0.3, 0.4) is 0 Å². The number of methoxy groups -OCH3 is 3. The minimum atomic E-state index is 0.441. The summed E-state index contributed by atoms with van der Waals surface area (Å²) in [5.74, 6) is 2.04. The lowest BCUT2D eigenvalue weighted by Crippen LogP contribution is -2.36. The molecule has 1 aromatic heterocycles. The monoisotopic (exact) mass is 331 g/mol. The van der Waals surface area contributed by atoms with Crippen LogP contribution in [0.25, 0.3) is 0 Å². The summed E-state index contributed by atoms with van der Waals surface area (Å²) in [4.78, 5) is 2.45. The van der Waals surface area contributed by atoms with Crippen LogP contribution in [0.1, 0.15) is 24.4 Å². The van der Waals surface area contributed by atoms with Gasteiger partial charge in [-0.05, 0) is 43.1 Å². The fourth-order valence-corrected chi connectivity index (χ4v) is 3.37. The molecule has 1 atom stereocenters. The summed E-state index contributed by atoms with van der Waals surface area (Å²) >= 11 is 0. The first-order chi connectivity index (χ1) is 11.7. The summed E-state index contributed by atoms with van der Waals surface area (Å²) in [6.45, 7) is 2.95. The molecule has 2 aromatic rings. The molecule has 1 fully saturated rings. The maximum absolute atomic E-state index is 5.45. The first-order valence-electron chi connectivity index (χ1n) is 8.25. The summed E-state index contributed by atoms with van der Waals surface area (Å²) in [5, 5.41) is 4.39. The van der Waals surface area contributed by atoms with Gasteiger partial charge in [-0.25, -0.2) is 0 Å². The molecule has 3 rings (SSSR count). The first-order valence-corrected chi connectivity index (χ1v) is 8.25. The van der Waals surface area contributed by atoms with Gasteiger partial charge in [0.25, 0.3) is 0 Å². The van der Waals surface area contributed by atoms with E-state index in [-0.39, 0.29) is 0 Å². The Kier molecular flexibility index (Phi) is 5.25. The molecule has 0 saturated carbocycles. The fraction of sp³-hybridized carbons (Fsp3) is 0.500. The number of rotatable bonds is 6. The van der Waals surface area contributed by atoms with Gasteiger partial charge in [0.15, 0.2) is 11.5 Å². The second-order valence-electron chi connectivity index (χ2n) is 6.05. The highest BCUT2D eigenvalue weighted by atomic mass is 16.5. The molecule has 0 aliphatic carbocycles. The maximum Gasteiger partial charge on any atom is 0.203 e. The molecule has 0 spiro atoms. The first kappa shape index (κ1) is 16.6. The van der Waals surface area contributed by atoms with Crippen molar-refractivity contribution in [3.63, 3.8) is 0 Å². The van der Waals surface area contributed by atoms with Crippen molar-refractivity contribution in [3.8, 4) is 17.2 Å². The summed E-state index contributed by atoms with van der Waals surface area (Å²) in [7, 11) is 4.92. The molecule has 0 amide bonds. The van der Waals surface area contributed by atoms with E-state index in [1.165, 1.54) is 12.8 Å². The Morgan fingerprint density at radius 1 is 1.12 bits per heavy atom. The van der Waals surface area contributed by atoms with Crippen molar-refractivity contribution in [2.75, 3.05) is 34.4 Å². The van der Waals surface area contributed by atoms with Gasteiger partial charge in [-0.2, -0.15) is 5.10 Å². The molecule has 2 heterocycles. The molecule has 0 radical (unpaired) electrons. The molecule has 0 N–H and O–H groups in total. The van der Waals surface area contributed by atoms with Crippen LogP contribution >= 0.6 is 0 Å². The predicted octanol–water partition coefficient (Wildman–Crippen LogP) is 2.75. The van der Waals surface area contributed by atoms with E-state index in [2.05, 4.69) is 14.7 Å². The van der Waals surface area contributed by atoms with Crippen LogP contribution in [0.5, 0.6) is 17.2 Å². The van der Waals surface area contributed by atoms with E-state index in [4.69, 9.17) is 14.2 Å². The topological polar surface area (TPSA) is 48.8 Å². The van der Waals surface area contributed by atoms with Crippen molar-refractivity contribution < 1.29 is 14.2 Å². The molecule has 6 nitrogen and oxygen atoms in total. The largest absolute Gasteiger partial charge is 0.493 e. The quantitative estimate of drug-likeness (QED) is 0.814. The van der Waals surface area contributed by atoms with E-state index in [0.29, 0.717) is 23.3 Å².